The highest BCUT2D eigenvalue weighted by atomic mass is 15.0. The quantitative estimate of drug-likeness (QED) is 0.500. The van der Waals surface area contributed by atoms with Crippen LogP contribution in [0, 0.1) is 6.92 Å². The molecule has 0 saturated heterocycles. The second kappa shape index (κ2) is 4.48. The fraction of sp³-hybridized carbons (Fsp3) is 0.167. The summed E-state index contributed by atoms with van der Waals surface area (Å²) in [7, 11) is 2.06. The maximum atomic E-state index is 4.93. The zero-order valence-electron chi connectivity index (χ0n) is 12.2. The lowest BCUT2D eigenvalue weighted by Crippen LogP contribution is -2.32. The van der Waals surface area contributed by atoms with E-state index in [-0.39, 0.29) is 0 Å². The molecular weight excluding hydrogens is 258 g/mol. The molecule has 0 fully saturated rings. The molecule has 4 rings (SSSR count). The van der Waals surface area contributed by atoms with Crippen LogP contribution in [0.4, 0.5) is 0 Å². The number of aromatic nitrogens is 3. The molecule has 1 aromatic carbocycles. The topological polar surface area (TPSA) is 29.7 Å². The van der Waals surface area contributed by atoms with Crippen LogP contribution in [0.5, 0.6) is 0 Å². The summed E-state index contributed by atoms with van der Waals surface area (Å²) < 4.78 is 2.12. The molecule has 0 aliphatic heterocycles. The first-order chi connectivity index (χ1) is 10.2. The molecule has 102 valence electrons. The van der Waals surface area contributed by atoms with E-state index in [1.54, 1.807) is 0 Å². The lowest BCUT2D eigenvalue weighted by atomic mass is 10.1. The maximum absolute atomic E-state index is 4.93. The van der Waals surface area contributed by atoms with Gasteiger partial charge in [-0.05, 0) is 40.7 Å². The van der Waals surface area contributed by atoms with Crippen LogP contribution in [0.2, 0.25) is 0 Å². The van der Waals surface area contributed by atoms with Crippen molar-refractivity contribution in [2.24, 2.45) is 7.05 Å². The Balaban J connectivity index is 1.92. The summed E-state index contributed by atoms with van der Waals surface area (Å²) in [6, 6.07) is 10.5. The molecule has 0 spiro atoms. The van der Waals surface area contributed by atoms with Crippen LogP contribution in [0.25, 0.3) is 22.5 Å². The summed E-state index contributed by atoms with van der Waals surface area (Å²) >= 11 is 0. The maximum Gasteiger partial charge on any atom is 0.330 e. The minimum absolute atomic E-state index is 0.873. The highest BCUT2D eigenvalue weighted by Crippen LogP contribution is 2.34. The Morgan fingerprint density at radius 2 is 1.90 bits per heavy atom. The Morgan fingerprint density at radius 1 is 1.05 bits per heavy atom. The Morgan fingerprint density at radius 3 is 2.76 bits per heavy atom. The van der Waals surface area contributed by atoms with Crippen molar-refractivity contribution in [3.05, 3.63) is 65.7 Å². The molecule has 2 heterocycles. The van der Waals surface area contributed by atoms with Crippen molar-refractivity contribution < 1.29 is 4.57 Å². The minimum atomic E-state index is 0.873. The van der Waals surface area contributed by atoms with Crippen LogP contribution in [0.3, 0.4) is 0 Å². The molecule has 0 atom stereocenters. The molecule has 0 N–H and O–H groups in total. The predicted molar refractivity (Wildman–Crippen MR) is 81.6 cm³/mol. The molecule has 0 saturated carbocycles. The van der Waals surface area contributed by atoms with E-state index >= 15 is 0 Å². The van der Waals surface area contributed by atoms with Gasteiger partial charge in [0.05, 0.1) is 18.2 Å². The van der Waals surface area contributed by atoms with E-state index in [1.807, 2.05) is 12.4 Å². The van der Waals surface area contributed by atoms with Gasteiger partial charge >= 0.3 is 5.82 Å². The smallest absolute Gasteiger partial charge is 0.264 e. The fourth-order valence-corrected chi connectivity index (χ4v) is 3.04. The third kappa shape index (κ3) is 1.85. The number of rotatable bonds is 1. The normalized spacial score (nSPS) is 12.1. The van der Waals surface area contributed by atoms with E-state index in [2.05, 4.69) is 60.1 Å². The van der Waals surface area contributed by atoms with Gasteiger partial charge in [-0.1, -0.05) is 18.2 Å². The highest BCUT2D eigenvalue weighted by Gasteiger charge is 2.28. The summed E-state index contributed by atoms with van der Waals surface area (Å²) in [5.41, 5.74) is 7.34. The van der Waals surface area contributed by atoms with Crippen LogP contribution in [0.1, 0.15) is 16.8 Å². The average Bonchev–Trinajstić information content (AvgIpc) is 2.85. The molecule has 0 amide bonds. The Hall–Kier alpha value is -2.55. The first kappa shape index (κ1) is 12.2. The van der Waals surface area contributed by atoms with Gasteiger partial charge in [0.1, 0.15) is 6.20 Å². The van der Waals surface area contributed by atoms with E-state index in [9.17, 15) is 0 Å². The van der Waals surface area contributed by atoms with Crippen molar-refractivity contribution in [1.29, 1.82) is 0 Å². The van der Waals surface area contributed by atoms with E-state index in [4.69, 9.17) is 4.98 Å². The van der Waals surface area contributed by atoms with E-state index < -0.39 is 0 Å². The number of hydrogen-bond donors (Lipinski definition) is 0. The lowest BCUT2D eigenvalue weighted by molar-refractivity contribution is -0.662. The van der Waals surface area contributed by atoms with Crippen LogP contribution < -0.4 is 4.57 Å². The van der Waals surface area contributed by atoms with Crippen molar-refractivity contribution in [1.82, 2.24) is 9.97 Å². The lowest BCUT2D eigenvalue weighted by Gasteiger charge is -2.04. The molecule has 3 aromatic rings. The molecule has 0 radical (unpaired) electrons. The van der Waals surface area contributed by atoms with Gasteiger partial charge in [0.2, 0.25) is 0 Å². The van der Waals surface area contributed by atoms with Crippen LogP contribution in [0.15, 0.2) is 48.9 Å². The molecule has 2 aromatic heterocycles. The monoisotopic (exact) mass is 274 g/mol. The molecular formula is C18H16N3+. The second-order valence-corrected chi connectivity index (χ2v) is 5.56. The standard InChI is InChI=1S/C18H16N3/c1-12-5-3-4-6-14(12)18-20-17-9-13-10-19-8-7-15(13)16(17)11-21(18)2/h3-8,10-11H,9H2,1-2H3/q+1. The van der Waals surface area contributed by atoms with Gasteiger partial charge in [0.15, 0.2) is 5.69 Å². The largest absolute Gasteiger partial charge is 0.330 e. The Kier molecular flexibility index (Phi) is 2.61. The molecule has 3 nitrogen and oxygen atoms in total. The summed E-state index contributed by atoms with van der Waals surface area (Å²) in [6.07, 6.45) is 6.86. The van der Waals surface area contributed by atoms with E-state index in [0.717, 1.165) is 17.9 Å². The van der Waals surface area contributed by atoms with Gasteiger partial charge < -0.3 is 0 Å². The Bertz CT molecular complexity index is 853. The average molecular weight is 274 g/mol. The summed E-state index contributed by atoms with van der Waals surface area (Å²) in [5, 5.41) is 0. The van der Waals surface area contributed by atoms with E-state index in [1.165, 1.54) is 27.8 Å². The molecule has 21 heavy (non-hydrogen) atoms. The summed E-state index contributed by atoms with van der Waals surface area (Å²) in [6.45, 7) is 2.13. The zero-order valence-corrected chi connectivity index (χ0v) is 12.2. The van der Waals surface area contributed by atoms with Crippen molar-refractivity contribution >= 4 is 0 Å². The third-order valence-electron chi connectivity index (χ3n) is 4.15. The minimum Gasteiger partial charge on any atom is -0.264 e. The first-order valence-electron chi connectivity index (χ1n) is 7.13. The SMILES string of the molecule is Cc1ccccc1-c1nc2c(c[n+]1C)-c1ccncc1C2. The predicted octanol–water partition coefficient (Wildman–Crippen LogP) is 2.85. The number of fused-ring (bicyclic) bond motifs is 3. The first-order valence-corrected chi connectivity index (χ1v) is 7.13. The van der Waals surface area contributed by atoms with Gasteiger partial charge in [-0.25, -0.2) is 4.57 Å². The van der Waals surface area contributed by atoms with Crippen molar-refractivity contribution in [3.8, 4) is 22.5 Å². The molecule has 1 aliphatic carbocycles. The molecule has 1 aliphatic rings. The van der Waals surface area contributed by atoms with Crippen LogP contribution in [-0.2, 0) is 13.5 Å². The van der Waals surface area contributed by atoms with Crippen molar-refractivity contribution in [2.45, 2.75) is 13.3 Å². The summed E-state index contributed by atoms with van der Waals surface area (Å²) in [4.78, 5) is 9.16. The summed E-state index contributed by atoms with van der Waals surface area (Å²) in [5.74, 6) is 1.02. The van der Waals surface area contributed by atoms with Crippen LogP contribution >= 0.6 is 0 Å². The van der Waals surface area contributed by atoms with Gasteiger partial charge in [-0.3, -0.25) is 4.98 Å². The number of benzene rings is 1. The third-order valence-corrected chi connectivity index (χ3v) is 4.15. The fourth-order valence-electron chi connectivity index (χ4n) is 3.04. The second-order valence-electron chi connectivity index (χ2n) is 5.56. The molecule has 0 bridgehead atoms. The highest BCUT2D eigenvalue weighted by molar-refractivity contribution is 5.74. The number of aryl methyl sites for hydroxylation is 2. The molecule has 0 unspecified atom stereocenters. The van der Waals surface area contributed by atoms with Gasteiger partial charge in [0, 0.05) is 18.8 Å². The molecule has 3 heteroatoms. The van der Waals surface area contributed by atoms with Crippen molar-refractivity contribution in [2.75, 3.05) is 0 Å². The number of nitrogens with zero attached hydrogens (tertiary/aromatic N) is 3. The number of hydrogen-bond acceptors (Lipinski definition) is 2. The Labute approximate surface area is 124 Å². The van der Waals surface area contributed by atoms with Crippen molar-refractivity contribution in [3.63, 3.8) is 0 Å². The van der Waals surface area contributed by atoms with Crippen LogP contribution in [-0.4, -0.2) is 9.97 Å². The van der Waals surface area contributed by atoms with Gasteiger partial charge in [-0.15, -0.1) is 0 Å². The van der Waals surface area contributed by atoms with Gasteiger partial charge in [0.25, 0.3) is 0 Å². The van der Waals surface area contributed by atoms with E-state index in [0.29, 0.717) is 0 Å². The van der Waals surface area contributed by atoms with Gasteiger partial charge in [-0.2, -0.15) is 0 Å². The zero-order chi connectivity index (χ0) is 14.4. The number of pyridine rings is 1.